The summed E-state index contributed by atoms with van der Waals surface area (Å²) in [4.78, 5) is 32.8. The van der Waals surface area contributed by atoms with Gasteiger partial charge in [-0.3, -0.25) is 9.59 Å². The maximum Gasteiger partial charge on any atom is 0.219 e. The molecule has 0 saturated heterocycles. The van der Waals surface area contributed by atoms with Crippen molar-refractivity contribution in [3.8, 4) is 0 Å². The molecule has 21 heavy (non-hydrogen) atoms. The number of hydrogen-bond donors (Lipinski definition) is 4. The minimum atomic E-state index is -0.399. The van der Waals surface area contributed by atoms with E-state index in [4.69, 9.17) is 11.5 Å². The second kappa shape index (κ2) is 13.5. The Kier molecular flexibility index (Phi) is 12.6. The third-order valence-electron chi connectivity index (χ3n) is 3.06. The monoisotopic (exact) mass is 300 g/mol. The lowest BCUT2D eigenvalue weighted by atomic mass is 10.1. The van der Waals surface area contributed by atoms with Gasteiger partial charge >= 0.3 is 0 Å². The number of primary amides is 1. The number of aldehydes is 1. The van der Waals surface area contributed by atoms with Crippen LogP contribution in [0.3, 0.4) is 0 Å². The summed E-state index contributed by atoms with van der Waals surface area (Å²) < 4.78 is 0. The Morgan fingerprint density at radius 2 is 1.81 bits per heavy atom. The van der Waals surface area contributed by atoms with Gasteiger partial charge in [-0.15, -0.1) is 0 Å². The number of hydrogen-bond acceptors (Lipinski definition) is 5. The summed E-state index contributed by atoms with van der Waals surface area (Å²) in [5.41, 5.74) is 10.4. The molecule has 0 radical (unpaired) electrons. The molecule has 0 spiro atoms. The number of amides is 2. The molecule has 0 bridgehead atoms. The number of carbonyl (C=O) groups is 3. The molecule has 0 rings (SSSR count). The fourth-order valence-corrected chi connectivity index (χ4v) is 1.81. The van der Waals surface area contributed by atoms with Crippen LogP contribution in [0, 0.1) is 0 Å². The van der Waals surface area contributed by atoms with E-state index in [-0.39, 0.29) is 18.4 Å². The lowest BCUT2D eigenvalue weighted by Gasteiger charge is -2.11. The van der Waals surface area contributed by atoms with Crippen molar-refractivity contribution in [1.29, 1.82) is 0 Å². The Morgan fingerprint density at radius 1 is 1.05 bits per heavy atom. The number of nitrogens with two attached hydrogens (primary N) is 2. The second-order valence-electron chi connectivity index (χ2n) is 5.00. The van der Waals surface area contributed by atoms with Crippen LogP contribution in [0.2, 0.25) is 0 Å². The van der Waals surface area contributed by atoms with E-state index in [1.807, 2.05) is 0 Å². The van der Waals surface area contributed by atoms with E-state index in [9.17, 15) is 14.4 Å². The SMILES string of the molecule is NCCCNC(=O)CCCCCN[C@H](C=O)CCC(N)=O. The maximum atomic E-state index is 11.4. The van der Waals surface area contributed by atoms with Gasteiger partial charge in [0.05, 0.1) is 6.04 Å². The lowest BCUT2D eigenvalue weighted by Crippen LogP contribution is -2.32. The molecule has 0 aromatic rings. The van der Waals surface area contributed by atoms with Crippen LogP contribution in [0.4, 0.5) is 0 Å². The molecule has 7 nitrogen and oxygen atoms in total. The lowest BCUT2D eigenvalue weighted by molar-refractivity contribution is -0.121. The van der Waals surface area contributed by atoms with Crippen LogP contribution in [-0.2, 0) is 14.4 Å². The molecule has 0 aromatic heterocycles. The first-order valence-electron chi connectivity index (χ1n) is 7.54. The van der Waals surface area contributed by atoms with E-state index in [0.29, 0.717) is 32.5 Å². The third-order valence-corrected chi connectivity index (χ3v) is 3.06. The van der Waals surface area contributed by atoms with Gasteiger partial charge in [0, 0.05) is 19.4 Å². The highest BCUT2D eigenvalue weighted by molar-refractivity contribution is 5.75. The van der Waals surface area contributed by atoms with E-state index in [1.54, 1.807) is 0 Å². The minimum Gasteiger partial charge on any atom is -0.370 e. The molecule has 2 amide bonds. The Hall–Kier alpha value is -1.47. The quantitative estimate of drug-likeness (QED) is 0.252. The summed E-state index contributed by atoms with van der Waals surface area (Å²) in [7, 11) is 0. The van der Waals surface area contributed by atoms with E-state index < -0.39 is 5.91 Å². The standard InChI is InChI=1S/C14H28N4O3/c15-8-4-10-18-14(21)5-2-1-3-9-17-12(11-19)6-7-13(16)20/h11-12,17H,1-10,15H2,(H2,16,20)(H,18,21)/t12-/m0/s1. The van der Waals surface area contributed by atoms with Crippen molar-refractivity contribution in [2.75, 3.05) is 19.6 Å². The highest BCUT2D eigenvalue weighted by atomic mass is 16.2. The van der Waals surface area contributed by atoms with Gasteiger partial charge in [0.2, 0.25) is 11.8 Å². The molecule has 1 atom stereocenters. The zero-order valence-corrected chi connectivity index (χ0v) is 12.6. The van der Waals surface area contributed by atoms with Crippen molar-refractivity contribution in [2.45, 2.75) is 51.0 Å². The molecule has 6 N–H and O–H groups in total. The van der Waals surface area contributed by atoms with Gasteiger partial charge in [-0.2, -0.15) is 0 Å². The first-order chi connectivity index (χ1) is 10.1. The van der Waals surface area contributed by atoms with Crippen LogP contribution in [0.5, 0.6) is 0 Å². The maximum absolute atomic E-state index is 11.4. The Balaban J connectivity index is 3.47. The molecule has 122 valence electrons. The minimum absolute atomic E-state index is 0.0589. The molecular weight excluding hydrogens is 272 g/mol. The van der Waals surface area contributed by atoms with Crippen LogP contribution in [0.15, 0.2) is 0 Å². The molecule has 0 heterocycles. The molecule has 7 heteroatoms. The molecule has 0 unspecified atom stereocenters. The van der Waals surface area contributed by atoms with E-state index in [0.717, 1.165) is 32.0 Å². The normalized spacial score (nSPS) is 11.9. The summed E-state index contributed by atoms with van der Waals surface area (Å²) in [5.74, 6) is -0.340. The van der Waals surface area contributed by atoms with Crippen molar-refractivity contribution in [2.24, 2.45) is 11.5 Å². The topological polar surface area (TPSA) is 127 Å². The van der Waals surface area contributed by atoms with E-state index >= 15 is 0 Å². The van der Waals surface area contributed by atoms with E-state index in [2.05, 4.69) is 10.6 Å². The Morgan fingerprint density at radius 3 is 2.43 bits per heavy atom. The molecule has 0 aliphatic heterocycles. The van der Waals surface area contributed by atoms with Crippen LogP contribution < -0.4 is 22.1 Å². The van der Waals surface area contributed by atoms with Crippen LogP contribution in [0.1, 0.15) is 44.9 Å². The largest absolute Gasteiger partial charge is 0.370 e. The molecule has 0 fully saturated rings. The van der Waals surface area contributed by atoms with Crippen LogP contribution in [0.25, 0.3) is 0 Å². The first-order valence-corrected chi connectivity index (χ1v) is 7.54. The predicted molar refractivity (Wildman–Crippen MR) is 81.4 cm³/mol. The van der Waals surface area contributed by atoms with Crippen molar-refractivity contribution in [3.05, 3.63) is 0 Å². The molecule has 0 aromatic carbocycles. The van der Waals surface area contributed by atoms with Crippen molar-refractivity contribution in [1.82, 2.24) is 10.6 Å². The highest BCUT2D eigenvalue weighted by Crippen LogP contribution is 2.00. The number of rotatable bonds is 14. The molecule has 0 aliphatic carbocycles. The summed E-state index contributed by atoms with van der Waals surface area (Å²) in [5, 5.41) is 5.87. The van der Waals surface area contributed by atoms with Crippen molar-refractivity contribution in [3.63, 3.8) is 0 Å². The Bertz CT molecular complexity index is 311. The zero-order valence-electron chi connectivity index (χ0n) is 12.6. The van der Waals surface area contributed by atoms with Crippen LogP contribution >= 0.6 is 0 Å². The third kappa shape index (κ3) is 13.3. The Labute approximate surface area is 126 Å². The summed E-state index contributed by atoms with van der Waals surface area (Å²) in [6.45, 7) is 1.91. The van der Waals surface area contributed by atoms with Gasteiger partial charge in [0.15, 0.2) is 0 Å². The van der Waals surface area contributed by atoms with Gasteiger partial charge in [-0.25, -0.2) is 0 Å². The first kappa shape index (κ1) is 19.5. The fourth-order valence-electron chi connectivity index (χ4n) is 1.81. The second-order valence-corrected chi connectivity index (χ2v) is 5.00. The van der Waals surface area contributed by atoms with Crippen LogP contribution in [-0.4, -0.2) is 43.8 Å². The van der Waals surface area contributed by atoms with Crippen molar-refractivity contribution < 1.29 is 14.4 Å². The average Bonchev–Trinajstić information content (AvgIpc) is 2.45. The average molecular weight is 300 g/mol. The predicted octanol–water partition coefficient (Wildman–Crippen LogP) is -0.566. The van der Waals surface area contributed by atoms with Gasteiger partial charge in [-0.05, 0) is 38.8 Å². The van der Waals surface area contributed by atoms with Crippen molar-refractivity contribution >= 4 is 18.1 Å². The van der Waals surface area contributed by atoms with Gasteiger partial charge in [-0.1, -0.05) is 6.42 Å². The summed E-state index contributed by atoms with van der Waals surface area (Å²) in [6.07, 6.45) is 5.38. The molecule has 0 saturated carbocycles. The molecule has 0 aliphatic rings. The number of nitrogens with one attached hydrogen (secondary N) is 2. The van der Waals surface area contributed by atoms with Gasteiger partial charge < -0.3 is 26.9 Å². The number of carbonyl (C=O) groups excluding carboxylic acids is 3. The van der Waals surface area contributed by atoms with Gasteiger partial charge in [0.1, 0.15) is 6.29 Å². The highest BCUT2D eigenvalue weighted by Gasteiger charge is 2.07. The molecular formula is C14H28N4O3. The zero-order chi connectivity index (χ0) is 15.9. The van der Waals surface area contributed by atoms with Gasteiger partial charge in [0.25, 0.3) is 0 Å². The smallest absolute Gasteiger partial charge is 0.219 e. The number of unbranched alkanes of at least 4 members (excludes halogenated alkanes) is 2. The summed E-state index contributed by atoms with van der Waals surface area (Å²) in [6, 6.07) is -0.322. The fraction of sp³-hybridized carbons (Fsp3) is 0.786. The van der Waals surface area contributed by atoms with E-state index in [1.165, 1.54) is 0 Å². The summed E-state index contributed by atoms with van der Waals surface area (Å²) >= 11 is 0.